The van der Waals surface area contributed by atoms with Crippen molar-refractivity contribution in [3.63, 3.8) is 0 Å². The number of fused-ring (bicyclic) bond motifs is 1. The van der Waals surface area contributed by atoms with Crippen LogP contribution < -0.4 is 10.9 Å². The number of hydrogen-bond donors (Lipinski definition) is 3. The average molecular weight is 457 g/mol. The Morgan fingerprint density at radius 2 is 1.47 bits per heavy atom. The highest BCUT2D eigenvalue weighted by Crippen LogP contribution is 2.26. The first-order valence-corrected chi connectivity index (χ1v) is 11.6. The largest absolute Gasteiger partial charge is 0.387 e. The summed E-state index contributed by atoms with van der Waals surface area (Å²) in [4.78, 5) is 11.9. The number of hydrogen-bond acceptors (Lipinski definition) is 3. The summed E-state index contributed by atoms with van der Waals surface area (Å²) >= 11 is 0. The molecule has 0 radical (unpaired) electrons. The molecule has 0 spiro atoms. The van der Waals surface area contributed by atoms with E-state index >= 15 is 0 Å². The van der Waals surface area contributed by atoms with Crippen LogP contribution in [0.25, 0.3) is 11.0 Å². The molecule has 6 heteroatoms. The maximum absolute atomic E-state index is 11.9. The number of aliphatic hydroxyl groups excluding tert-OH is 1. The zero-order valence-electron chi connectivity index (χ0n) is 20.0. The van der Waals surface area contributed by atoms with E-state index in [2.05, 4.69) is 79.2 Å². The molecule has 4 aromatic rings. The first-order chi connectivity index (χ1) is 16.4. The van der Waals surface area contributed by atoms with Crippen LogP contribution in [0.2, 0.25) is 0 Å². The SMILES string of the molecule is Cc1ccc(CC(CNC(=O)CO)n2c(=N)n([C@@H](C)c3ccc(C)cc3)c3ccccc32)cc1. The van der Waals surface area contributed by atoms with E-state index in [0.29, 0.717) is 18.6 Å². The van der Waals surface area contributed by atoms with Gasteiger partial charge in [0, 0.05) is 6.54 Å². The van der Waals surface area contributed by atoms with Gasteiger partial charge in [0.15, 0.2) is 0 Å². The van der Waals surface area contributed by atoms with Crippen LogP contribution in [-0.4, -0.2) is 33.3 Å². The van der Waals surface area contributed by atoms with Gasteiger partial charge < -0.3 is 19.6 Å². The van der Waals surface area contributed by atoms with Crippen LogP contribution in [-0.2, 0) is 11.2 Å². The van der Waals surface area contributed by atoms with Crippen LogP contribution in [0, 0.1) is 19.3 Å². The monoisotopic (exact) mass is 456 g/mol. The number of nitrogens with one attached hydrogen (secondary N) is 2. The highest BCUT2D eigenvalue weighted by Gasteiger charge is 2.22. The summed E-state index contributed by atoms with van der Waals surface area (Å²) in [7, 11) is 0. The molecular weight excluding hydrogens is 424 g/mol. The number of benzene rings is 3. The fourth-order valence-electron chi connectivity index (χ4n) is 4.51. The lowest BCUT2D eigenvalue weighted by Crippen LogP contribution is -2.38. The zero-order valence-corrected chi connectivity index (χ0v) is 20.0. The van der Waals surface area contributed by atoms with Crippen LogP contribution >= 0.6 is 0 Å². The highest BCUT2D eigenvalue weighted by molar-refractivity contribution is 5.77. The Morgan fingerprint density at radius 1 is 0.912 bits per heavy atom. The van der Waals surface area contributed by atoms with Gasteiger partial charge in [-0.3, -0.25) is 10.2 Å². The first kappa shape index (κ1) is 23.5. The lowest BCUT2D eigenvalue weighted by Gasteiger charge is -2.21. The fourth-order valence-corrected chi connectivity index (χ4v) is 4.51. The van der Waals surface area contributed by atoms with Gasteiger partial charge in [-0.15, -0.1) is 0 Å². The number of carbonyl (C=O) groups is 1. The molecule has 0 fully saturated rings. The standard InChI is InChI=1S/C28H32N4O2/c1-19-8-12-22(13-9-19)16-24(17-30-27(34)18-33)32-26-7-5-4-6-25(26)31(28(32)29)21(3)23-14-10-20(2)11-15-23/h4-15,21,24,29,33H,16-18H2,1-3H3,(H,30,34)/t21-,24?/m0/s1. The van der Waals surface area contributed by atoms with Crippen molar-refractivity contribution in [2.24, 2.45) is 0 Å². The molecule has 0 aliphatic rings. The number of aryl methyl sites for hydroxylation is 2. The second kappa shape index (κ2) is 10.1. The molecule has 176 valence electrons. The predicted octanol–water partition coefficient (Wildman–Crippen LogP) is 4.04. The molecule has 2 atom stereocenters. The third-order valence-corrected chi connectivity index (χ3v) is 6.44. The molecule has 4 rings (SSSR count). The number of para-hydroxylation sites is 2. The Labute approximate surface area is 200 Å². The van der Waals surface area contributed by atoms with E-state index in [1.807, 2.05) is 28.8 Å². The minimum Gasteiger partial charge on any atom is -0.387 e. The Bertz CT molecular complexity index is 1330. The molecule has 1 amide bonds. The number of nitrogens with zero attached hydrogens (tertiary/aromatic N) is 2. The molecule has 0 bridgehead atoms. The smallest absolute Gasteiger partial charge is 0.245 e. The number of amides is 1. The maximum Gasteiger partial charge on any atom is 0.245 e. The molecule has 3 aromatic carbocycles. The van der Waals surface area contributed by atoms with E-state index in [0.717, 1.165) is 22.2 Å². The van der Waals surface area contributed by atoms with E-state index in [1.165, 1.54) is 11.1 Å². The summed E-state index contributed by atoms with van der Waals surface area (Å²) in [6.45, 7) is 6.00. The Hall–Kier alpha value is -3.64. The number of rotatable bonds is 8. The molecule has 1 unspecified atom stereocenters. The van der Waals surface area contributed by atoms with Gasteiger partial charge in [0.05, 0.1) is 23.1 Å². The van der Waals surface area contributed by atoms with Gasteiger partial charge in [0.1, 0.15) is 6.61 Å². The van der Waals surface area contributed by atoms with Crippen molar-refractivity contribution in [2.75, 3.05) is 13.2 Å². The predicted molar refractivity (Wildman–Crippen MR) is 135 cm³/mol. The second-order valence-electron chi connectivity index (χ2n) is 8.94. The van der Waals surface area contributed by atoms with E-state index < -0.39 is 12.5 Å². The van der Waals surface area contributed by atoms with Crippen molar-refractivity contribution < 1.29 is 9.90 Å². The lowest BCUT2D eigenvalue weighted by molar-refractivity contribution is -0.123. The van der Waals surface area contributed by atoms with Gasteiger partial charge in [0.2, 0.25) is 11.5 Å². The van der Waals surface area contributed by atoms with E-state index in [1.54, 1.807) is 0 Å². The molecule has 6 nitrogen and oxygen atoms in total. The van der Waals surface area contributed by atoms with E-state index in [9.17, 15) is 15.3 Å². The number of carbonyl (C=O) groups excluding carboxylic acids is 1. The van der Waals surface area contributed by atoms with E-state index in [4.69, 9.17) is 0 Å². The highest BCUT2D eigenvalue weighted by atomic mass is 16.3. The van der Waals surface area contributed by atoms with Gasteiger partial charge in [-0.1, -0.05) is 71.8 Å². The molecule has 1 heterocycles. The molecular formula is C28H32N4O2. The van der Waals surface area contributed by atoms with Gasteiger partial charge in [0.25, 0.3) is 0 Å². The van der Waals surface area contributed by atoms with Crippen molar-refractivity contribution in [3.05, 3.63) is 101 Å². The number of aromatic nitrogens is 2. The van der Waals surface area contributed by atoms with Crippen LogP contribution in [0.4, 0.5) is 0 Å². The maximum atomic E-state index is 11.9. The van der Waals surface area contributed by atoms with Crippen LogP contribution in [0.15, 0.2) is 72.8 Å². The molecule has 0 aliphatic heterocycles. The molecule has 1 aromatic heterocycles. The molecule has 0 saturated carbocycles. The third-order valence-electron chi connectivity index (χ3n) is 6.44. The second-order valence-corrected chi connectivity index (χ2v) is 8.94. The minimum atomic E-state index is -0.554. The zero-order chi connectivity index (χ0) is 24.2. The molecule has 0 aliphatic carbocycles. The topological polar surface area (TPSA) is 83.0 Å². The molecule has 3 N–H and O–H groups in total. The summed E-state index contributed by atoms with van der Waals surface area (Å²) in [5.74, 6) is -0.419. The van der Waals surface area contributed by atoms with Gasteiger partial charge >= 0.3 is 0 Å². The molecule has 34 heavy (non-hydrogen) atoms. The van der Waals surface area contributed by atoms with Crippen molar-refractivity contribution in [3.8, 4) is 0 Å². The minimum absolute atomic E-state index is 0.0358. The van der Waals surface area contributed by atoms with Gasteiger partial charge in [-0.05, 0) is 50.5 Å². The lowest BCUT2D eigenvalue weighted by atomic mass is 10.0. The van der Waals surface area contributed by atoms with Gasteiger partial charge in [-0.2, -0.15) is 0 Å². The normalized spacial score (nSPS) is 13.1. The van der Waals surface area contributed by atoms with Crippen LogP contribution in [0.1, 0.15) is 41.3 Å². The van der Waals surface area contributed by atoms with Crippen molar-refractivity contribution in [1.82, 2.24) is 14.5 Å². The van der Waals surface area contributed by atoms with Crippen molar-refractivity contribution >= 4 is 16.9 Å². The summed E-state index contributed by atoms with van der Waals surface area (Å²) in [5.41, 5.74) is 6.95. The Balaban J connectivity index is 1.82. The summed E-state index contributed by atoms with van der Waals surface area (Å²) in [5, 5.41) is 21.3. The quantitative estimate of drug-likeness (QED) is 0.374. The first-order valence-electron chi connectivity index (χ1n) is 11.6. The number of aliphatic hydroxyl groups is 1. The molecule has 0 saturated heterocycles. The number of imidazole rings is 1. The van der Waals surface area contributed by atoms with Crippen molar-refractivity contribution in [1.29, 1.82) is 5.41 Å². The Morgan fingerprint density at radius 3 is 2.06 bits per heavy atom. The Kier molecular flexibility index (Phi) is 6.98. The average Bonchev–Trinajstić information content (AvgIpc) is 3.14. The summed E-state index contributed by atoms with van der Waals surface area (Å²) in [6.07, 6.45) is 0.648. The van der Waals surface area contributed by atoms with Crippen LogP contribution in [0.5, 0.6) is 0 Å². The summed E-state index contributed by atoms with van der Waals surface area (Å²) in [6, 6.07) is 24.6. The summed E-state index contributed by atoms with van der Waals surface area (Å²) < 4.78 is 4.06. The van der Waals surface area contributed by atoms with Crippen molar-refractivity contribution in [2.45, 2.75) is 39.3 Å². The van der Waals surface area contributed by atoms with E-state index in [-0.39, 0.29) is 12.1 Å². The van der Waals surface area contributed by atoms with Crippen LogP contribution in [0.3, 0.4) is 0 Å². The fraction of sp³-hybridized carbons (Fsp3) is 0.286. The van der Waals surface area contributed by atoms with Gasteiger partial charge in [-0.25, -0.2) is 0 Å². The third kappa shape index (κ3) is 4.82.